The number of carbonyl (C=O) groups is 4. The van der Waals surface area contributed by atoms with Gasteiger partial charge in [-0.2, -0.15) is 12.6 Å². The second-order valence-corrected chi connectivity index (χ2v) is 4.34. The zero-order valence-electron chi connectivity index (χ0n) is 10.5. The highest BCUT2D eigenvalue weighted by Crippen LogP contribution is 2.02. The first kappa shape index (κ1) is 18.4. The number of nitrogens with one attached hydrogen (secondary N) is 2. The van der Waals surface area contributed by atoms with Crippen LogP contribution in [0.15, 0.2) is 0 Å². The number of hydrogen-bond donors (Lipinski definition) is 6. The SMILES string of the molecule is N[C@@H](CCC(=O)N[C@](C=O)(CS)NCC(=O)O)C(=O)O. The third-order valence-electron chi connectivity index (χ3n) is 2.37. The van der Waals surface area contributed by atoms with E-state index in [0.717, 1.165) is 0 Å². The molecule has 0 spiro atoms. The molecule has 0 radical (unpaired) electrons. The molecule has 0 fully saturated rings. The highest BCUT2D eigenvalue weighted by Gasteiger charge is 2.30. The van der Waals surface area contributed by atoms with E-state index in [0.29, 0.717) is 6.29 Å². The summed E-state index contributed by atoms with van der Waals surface area (Å²) in [6.45, 7) is -0.547. The van der Waals surface area contributed by atoms with E-state index in [4.69, 9.17) is 15.9 Å². The van der Waals surface area contributed by atoms with Crippen molar-refractivity contribution in [1.29, 1.82) is 0 Å². The lowest BCUT2D eigenvalue weighted by Crippen LogP contribution is -2.62. The van der Waals surface area contributed by atoms with E-state index in [1.54, 1.807) is 0 Å². The Balaban J connectivity index is 4.50. The summed E-state index contributed by atoms with van der Waals surface area (Å²) in [5.41, 5.74) is 3.62. The number of aldehydes is 1. The third-order valence-corrected chi connectivity index (χ3v) is 2.87. The number of carboxylic acids is 2. The number of hydrogen-bond acceptors (Lipinski definition) is 7. The molecule has 9 nitrogen and oxygen atoms in total. The molecule has 0 unspecified atom stereocenters. The standard InChI is InChI=1S/C10H17N3O6S/c11-6(9(18)19)1-2-7(15)13-10(4-14,5-20)12-3-8(16)17/h4,6,12,20H,1-3,5,11H2,(H,13,15)(H,16,17)(H,18,19)/t6-,10+/m0/s1. The topological polar surface area (TPSA) is 159 Å². The smallest absolute Gasteiger partial charge is 0.320 e. The molecule has 0 aromatic carbocycles. The largest absolute Gasteiger partial charge is 0.480 e. The Bertz CT molecular complexity index is 391. The maximum absolute atomic E-state index is 11.6. The number of aliphatic carboxylic acids is 2. The zero-order valence-corrected chi connectivity index (χ0v) is 11.4. The first-order valence-electron chi connectivity index (χ1n) is 5.59. The predicted molar refractivity (Wildman–Crippen MR) is 71.3 cm³/mol. The summed E-state index contributed by atoms with van der Waals surface area (Å²) in [6.07, 6.45) is 0.00512. The van der Waals surface area contributed by atoms with Crippen molar-refractivity contribution in [2.75, 3.05) is 12.3 Å². The van der Waals surface area contributed by atoms with Crippen LogP contribution in [-0.4, -0.2) is 58.3 Å². The van der Waals surface area contributed by atoms with Gasteiger partial charge in [0.05, 0.1) is 6.54 Å². The average Bonchev–Trinajstić information content (AvgIpc) is 2.40. The molecule has 10 heteroatoms. The first-order valence-corrected chi connectivity index (χ1v) is 6.23. The maximum atomic E-state index is 11.6. The van der Waals surface area contributed by atoms with Gasteiger partial charge in [0.1, 0.15) is 6.04 Å². The van der Waals surface area contributed by atoms with Crippen molar-refractivity contribution < 1.29 is 29.4 Å². The maximum Gasteiger partial charge on any atom is 0.320 e. The Morgan fingerprint density at radius 1 is 1.35 bits per heavy atom. The molecule has 0 rings (SSSR count). The Labute approximate surface area is 120 Å². The van der Waals surface area contributed by atoms with Crippen molar-refractivity contribution in [2.45, 2.75) is 24.5 Å². The molecule has 1 amide bonds. The first-order chi connectivity index (χ1) is 9.26. The lowest BCUT2D eigenvalue weighted by Gasteiger charge is -2.28. The predicted octanol–water partition coefficient (Wildman–Crippen LogP) is -2.21. The highest BCUT2D eigenvalue weighted by molar-refractivity contribution is 7.80. The quantitative estimate of drug-likeness (QED) is 0.151. The van der Waals surface area contributed by atoms with Gasteiger partial charge in [0.25, 0.3) is 0 Å². The van der Waals surface area contributed by atoms with Crippen molar-refractivity contribution in [2.24, 2.45) is 5.73 Å². The molecule has 0 aromatic heterocycles. The van der Waals surface area contributed by atoms with Crippen molar-refractivity contribution in [3.8, 4) is 0 Å². The molecule has 0 aliphatic rings. The summed E-state index contributed by atoms with van der Waals surface area (Å²) in [6, 6.07) is -1.19. The average molecular weight is 307 g/mol. The van der Waals surface area contributed by atoms with E-state index in [1.165, 1.54) is 0 Å². The number of amides is 1. The van der Waals surface area contributed by atoms with Gasteiger partial charge in [0.2, 0.25) is 5.91 Å². The molecule has 0 aromatic rings. The fourth-order valence-corrected chi connectivity index (χ4v) is 1.47. The van der Waals surface area contributed by atoms with Crippen LogP contribution in [0, 0.1) is 0 Å². The van der Waals surface area contributed by atoms with Gasteiger partial charge in [-0.15, -0.1) is 0 Å². The van der Waals surface area contributed by atoms with Crippen LogP contribution in [0.3, 0.4) is 0 Å². The van der Waals surface area contributed by atoms with Crippen molar-refractivity contribution in [1.82, 2.24) is 10.6 Å². The molecule has 2 atom stereocenters. The summed E-state index contributed by atoms with van der Waals surface area (Å²) < 4.78 is 0. The molecule has 114 valence electrons. The van der Waals surface area contributed by atoms with Crippen LogP contribution in [-0.2, 0) is 19.2 Å². The van der Waals surface area contributed by atoms with Gasteiger partial charge in [-0.05, 0) is 6.42 Å². The second kappa shape index (κ2) is 8.51. The summed E-state index contributed by atoms with van der Waals surface area (Å²) in [7, 11) is 0. The van der Waals surface area contributed by atoms with E-state index < -0.39 is 36.1 Å². The lowest BCUT2D eigenvalue weighted by atomic mass is 10.1. The van der Waals surface area contributed by atoms with Crippen LogP contribution in [0.2, 0.25) is 0 Å². The van der Waals surface area contributed by atoms with Crippen LogP contribution in [0.4, 0.5) is 0 Å². The number of carbonyl (C=O) groups excluding carboxylic acids is 2. The molecule has 0 aliphatic carbocycles. The Morgan fingerprint density at radius 2 is 1.95 bits per heavy atom. The monoisotopic (exact) mass is 307 g/mol. The molecule has 20 heavy (non-hydrogen) atoms. The molecule has 0 saturated heterocycles. The molecule has 0 heterocycles. The van der Waals surface area contributed by atoms with Crippen LogP contribution < -0.4 is 16.4 Å². The second-order valence-electron chi connectivity index (χ2n) is 4.03. The van der Waals surface area contributed by atoms with Crippen LogP contribution >= 0.6 is 12.6 Å². The summed E-state index contributed by atoms with van der Waals surface area (Å²) in [5.74, 6) is -3.25. The molecule has 0 bridgehead atoms. The van der Waals surface area contributed by atoms with Gasteiger partial charge < -0.3 is 21.3 Å². The third kappa shape index (κ3) is 6.50. The van der Waals surface area contributed by atoms with E-state index in [9.17, 15) is 19.2 Å². The van der Waals surface area contributed by atoms with Gasteiger partial charge in [-0.3, -0.25) is 24.5 Å². The Morgan fingerprint density at radius 3 is 2.35 bits per heavy atom. The minimum absolute atomic E-state index is 0.110. The van der Waals surface area contributed by atoms with Crippen LogP contribution in [0.5, 0.6) is 0 Å². The van der Waals surface area contributed by atoms with Gasteiger partial charge >= 0.3 is 11.9 Å². The van der Waals surface area contributed by atoms with Crippen LogP contribution in [0.1, 0.15) is 12.8 Å². The lowest BCUT2D eigenvalue weighted by molar-refractivity contribution is -0.139. The molecular formula is C10H17N3O6S. The molecule has 0 saturated carbocycles. The molecule has 6 N–H and O–H groups in total. The highest BCUT2D eigenvalue weighted by atomic mass is 32.1. The van der Waals surface area contributed by atoms with Gasteiger partial charge in [0.15, 0.2) is 11.9 Å². The minimum Gasteiger partial charge on any atom is -0.480 e. The fourth-order valence-electron chi connectivity index (χ4n) is 1.20. The van der Waals surface area contributed by atoms with Gasteiger partial charge in [-0.1, -0.05) is 0 Å². The number of nitrogens with two attached hydrogens (primary N) is 1. The Kier molecular flexibility index (Phi) is 7.80. The van der Waals surface area contributed by atoms with E-state index in [2.05, 4.69) is 23.3 Å². The minimum atomic E-state index is -1.62. The number of thiol groups is 1. The molecular weight excluding hydrogens is 290 g/mol. The normalized spacial score (nSPS) is 14.9. The van der Waals surface area contributed by atoms with E-state index >= 15 is 0 Å². The summed E-state index contributed by atoms with van der Waals surface area (Å²) in [5, 5.41) is 21.7. The zero-order chi connectivity index (χ0) is 15.8. The fraction of sp³-hybridized carbons (Fsp3) is 0.600. The van der Waals surface area contributed by atoms with Crippen molar-refractivity contribution in [3.05, 3.63) is 0 Å². The van der Waals surface area contributed by atoms with E-state index in [-0.39, 0.29) is 18.6 Å². The summed E-state index contributed by atoms with van der Waals surface area (Å²) in [4.78, 5) is 43.6. The van der Waals surface area contributed by atoms with E-state index in [1.807, 2.05) is 0 Å². The van der Waals surface area contributed by atoms with Crippen molar-refractivity contribution in [3.63, 3.8) is 0 Å². The van der Waals surface area contributed by atoms with Crippen LogP contribution in [0.25, 0.3) is 0 Å². The van der Waals surface area contributed by atoms with Crippen molar-refractivity contribution >= 4 is 36.8 Å². The summed E-state index contributed by atoms with van der Waals surface area (Å²) >= 11 is 3.88. The molecule has 0 aliphatic heterocycles. The van der Waals surface area contributed by atoms with Gasteiger partial charge in [-0.25, -0.2) is 0 Å². The number of rotatable bonds is 10. The Hall–Kier alpha value is -1.65. The van der Waals surface area contributed by atoms with Gasteiger partial charge in [0, 0.05) is 12.2 Å². The number of carboxylic acid groups (broad SMARTS) is 2.